The molecule has 1 aliphatic carbocycles. The zero-order valence-electron chi connectivity index (χ0n) is 18.8. The Kier molecular flexibility index (Phi) is 12.7. The number of allylic oxidation sites excluding steroid dienone is 5. The van der Waals surface area contributed by atoms with Gasteiger partial charge in [0.15, 0.2) is 0 Å². The first-order chi connectivity index (χ1) is 14.9. The van der Waals surface area contributed by atoms with Crippen LogP contribution in [0.2, 0.25) is 0 Å². The van der Waals surface area contributed by atoms with Gasteiger partial charge >= 0.3 is 11.9 Å². The van der Waals surface area contributed by atoms with Crippen LogP contribution < -0.4 is 0 Å². The summed E-state index contributed by atoms with van der Waals surface area (Å²) in [5.41, 5.74) is 4.01. The molecule has 0 radical (unpaired) electrons. The van der Waals surface area contributed by atoms with Crippen molar-refractivity contribution in [2.75, 3.05) is 26.2 Å². The van der Waals surface area contributed by atoms with E-state index in [1.165, 1.54) is 36.1 Å². The predicted octanol–water partition coefficient (Wildman–Crippen LogP) is 4.91. The first kappa shape index (κ1) is 26.2. The van der Waals surface area contributed by atoms with E-state index in [-0.39, 0.29) is 0 Å². The van der Waals surface area contributed by atoms with E-state index in [9.17, 15) is 0 Å². The minimum Gasteiger partial charge on any atom is -0.494 e. The average Bonchev–Trinajstić information content (AvgIpc) is 2.99. The van der Waals surface area contributed by atoms with Crippen molar-refractivity contribution in [3.05, 3.63) is 65.5 Å². The molecule has 0 amide bonds. The highest BCUT2D eigenvalue weighted by molar-refractivity contribution is 6.27. The van der Waals surface area contributed by atoms with Gasteiger partial charge in [-0.1, -0.05) is 56.7 Å². The summed E-state index contributed by atoms with van der Waals surface area (Å²) in [4.78, 5) is 20.7. The predicted molar refractivity (Wildman–Crippen MR) is 124 cm³/mol. The number of carboxylic acid groups (broad SMARTS) is 2. The summed E-state index contributed by atoms with van der Waals surface area (Å²) in [6.07, 6.45) is 13.2. The van der Waals surface area contributed by atoms with Crippen molar-refractivity contribution in [3.8, 4) is 0 Å². The van der Waals surface area contributed by atoms with Gasteiger partial charge in [-0.25, -0.2) is 9.59 Å². The van der Waals surface area contributed by atoms with E-state index in [1.54, 1.807) is 0 Å². The van der Waals surface area contributed by atoms with Crippen molar-refractivity contribution < 1.29 is 24.5 Å². The fourth-order valence-corrected chi connectivity index (χ4v) is 3.13. The molecule has 6 heteroatoms. The number of aliphatic carboxylic acids is 2. The summed E-state index contributed by atoms with van der Waals surface area (Å²) in [7, 11) is 0. The van der Waals surface area contributed by atoms with Crippen LogP contribution in [0.4, 0.5) is 0 Å². The normalized spacial score (nSPS) is 12.9. The third-order valence-corrected chi connectivity index (χ3v) is 4.91. The zero-order chi connectivity index (χ0) is 23.1. The Bertz CT molecular complexity index is 783. The largest absolute Gasteiger partial charge is 0.494 e. The van der Waals surface area contributed by atoms with E-state index in [0.717, 1.165) is 38.3 Å². The van der Waals surface area contributed by atoms with Gasteiger partial charge in [0.2, 0.25) is 0 Å². The van der Waals surface area contributed by atoms with Gasteiger partial charge in [-0.05, 0) is 68.1 Å². The standard InChI is InChI=1S/C23H33NO.C2H2O4/c1-4-6-17-24(5-2)18-10-19-25-22-13-9-12-21(15-16-22)23-14-8-7-11-20(23)3;3-1(4)2(5)6/h7-9,11,13-16H,4-6,10,12,17-19H2,1-3H3;(H,3,4)(H,5,6). The summed E-state index contributed by atoms with van der Waals surface area (Å²) in [5.74, 6) is -2.68. The van der Waals surface area contributed by atoms with Crippen molar-refractivity contribution in [3.63, 3.8) is 0 Å². The van der Waals surface area contributed by atoms with Gasteiger partial charge in [0.25, 0.3) is 0 Å². The van der Waals surface area contributed by atoms with Gasteiger partial charge in [0.1, 0.15) is 5.76 Å². The third kappa shape index (κ3) is 10.6. The third-order valence-electron chi connectivity index (χ3n) is 4.91. The number of benzene rings is 1. The second-order valence-electron chi connectivity index (χ2n) is 7.28. The van der Waals surface area contributed by atoms with Crippen molar-refractivity contribution in [1.82, 2.24) is 4.90 Å². The number of nitrogens with zero attached hydrogens (tertiary/aromatic N) is 1. The number of ether oxygens (including phenoxy) is 1. The molecule has 1 aromatic rings. The summed E-state index contributed by atoms with van der Waals surface area (Å²) in [5, 5.41) is 14.8. The van der Waals surface area contributed by atoms with E-state index in [4.69, 9.17) is 24.5 Å². The molecule has 170 valence electrons. The van der Waals surface area contributed by atoms with Crippen LogP contribution in [0.3, 0.4) is 0 Å². The van der Waals surface area contributed by atoms with Crippen LogP contribution in [0.15, 0.2) is 54.3 Å². The Morgan fingerprint density at radius 2 is 1.71 bits per heavy atom. The molecule has 0 bridgehead atoms. The molecule has 2 N–H and O–H groups in total. The number of carbonyl (C=O) groups is 2. The number of aryl methyl sites for hydroxylation is 1. The Morgan fingerprint density at radius 3 is 2.32 bits per heavy atom. The molecule has 0 saturated heterocycles. The lowest BCUT2D eigenvalue weighted by molar-refractivity contribution is -0.159. The van der Waals surface area contributed by atoms with Crippen LogP contribution in [0.25, 0.3) is 5.57 Å². The molecular weight excluding hydrogens is 394 g/mol. The minimum absolute atomic E-state index is 0.784. The highest BCUT2D eigenvalue weighted by atomic mass is 16.5. The first-order valence-corrected chi connectivity index (χ1v) is 10.8. The quantitative estimate of drug-likeness (QED) is 0.406. The second-order valence-corrected chi connectivity index (χ2v) is 7.28. The molecule has 0 aromatic heterocycles. The number of rotatable bonds is 10. The van der Waals surface area contributed by atoms with Crippen LogP contribution in [-0.4, -0.2) is 53.3 Å². The van der Waals surface area contributed by atoms with Crippen molar-refractivity contribution >= 4 is 17.5 Å². The molecule has 0 fully saturated rings. The molecule has 6 nitrogen and oxygen atoms in total. The van der Waals surface area contributed by atoms with E-state index < -0.39 is 11.9 Å². The molecule has 0 unspecified atom stereocenters. The van der Waals surface area contributed by atoms with Crippen LogP contribution >= 0.6 is 0 Å². The van der Waals surface area contributed by atoms with Crippen LogP contribution in [0.5, 0.6) is 0 Å². The topological polar surface area (TPSA) is 87.1 Å². The van der Waals surface area contributed by atoms with Crippen LogP contribution in [0, 0.1) is 6.92 Å². The van der Waals surface area contributed by atoms with E-state index in [2.05, 4.69) is 74.2 Å². The Hall–Kier alpha value is -2.86. The fourth-order valence-electron chi connectivity index (χ4n) is 3.13. The summed E-state index contributed by atoms with van der Waals surface area (Å²) in [6.45, 7) is 10.9. The molecule has 0 atom stereocenters. The van der Waals surface area contributed by atoms with Crippen molar-refractivity contribution in [2.24, 2.45) is 0 Å². The highest BCUT2D eigenvalue weighted by Gasteiger charge is 2.06. The van der Waals surface area contributed by atoms with Crippen LogP contribution in [0.1, 0.15) is 50.7 Å². The first-order valence-electron chi connectivity index (χ1n) is 10.8. The molecule has 1 aromatic carbocycles. The second kappa shape index (κ2) is 15.0. The molecule has 0 saturated carbocycles. The molecule has 0 aliphatic heterocycles. The van der Waals surface area contributed by atoms with E-state index in [0.29, 0.717) is 0 Å². The molecular formula is C25H35NO5. The molecule has 0 heterocycles. The summed E-state index contributed by atoms with van der Waals surface area (Å²) in [6, 6.07) is 8.57. The molecule has 1 aliphatic rings. The van der Waals surface area contributed by atoms with Crippen molar-refractivity contribution in [2.45, 2.75) is 46.5 Å². The SMILES string of the molecule is CCCCN(CC)CCCOC1=CC=C(c2ccccc2C)CC=C1.O=C(O)C(=O)O. The monoisotopic (exact) mass is 429 g/mol. The van der Waals surface area contributed by atoms with E-state index in [1.807, 2.05) is 0 Å². The zero-order valence-corrected chi connectivity index (χ0v) is 18.8. The maximum absolute atomic E-state index is 9.10. The lowest BCUT2D eigenvalue weighted by Gasteiger charge is -2.19. The highest BCUT2D eigenvalue weighted by Crippen LogP contribution is 2.25. The van der Waals surface area contributed by atoms with Gasteiger partial charge in [0.05, 0.1) is 6.61 Å². The number of carboxylic acids is 2. The maximum Gasteiger partial charge on any atom is 0.414 e. The van der Waals surface area contributed by atoms with Crippen LogP contribution in [-0.2, 0) is 14.3 Å². The van der Waals surface area contributed by atoms with Gasteiger partial charge in [0, 0.05) is 6.54 Å². The number of hydrogen-bond donors (Lipinski definition) is 2. The fraction of sp³-hybridized carbons (Fsp3) is 0.440. The Labute approximate surface area is 185 Å². The number of hydrogen-bond acceptors (Lipinski definition) is 4. The summed E-state index contributed by atoms with van der Waals surface area (Å²) >= 11 is 0. The summed E-state index contributed by atoms with van der Waals surface area (Å²) < 4.78 is 5.98. The maximum atomic E-state index is 9.10. The molecule has 2 rings (SSSR count). The van der Waals surface area contributed by atoms with Crippen molar-refractivity contribution in [1.29, 1.82) is 0 Å². The van der Waals surface area contributed by atoms with Gasteiger partial charge in [-0.3, -0.25) is 0 Å². The minimum atomic E-state index is -1.82. The molecule has 0 spiro atoms. The molecule has 31 heavy (non-hydrogen) atoms. The Balaban J connectivity index is 0.000000703. The Morgan fingerprint density at radius 1 is 1.03 bits per heavy atom. The van der Waals surface area contributed by atoms with Gasteiger partial charge in [-0.2, -0.15) is 0 Å². The lowest BCUT2D eigenvalue weighted by Crippen LogP contribution is -2.26. The van der Waals surface area contributed by atoms with Gasteiger partial charge in [-0.15, -0.1) is 0 Å². The van der Waals surface area contributed by atoms with Gasteiger partial charge < -0.3 is 19.8 Å². The van der Waals surface area contributed by atoms with E-state index >= 15 is 0 Å². The average molecular weight is 430 g/mol. The lowest BCUT2D eigenvalue weighted by atomic mass is 9.98. The number of unbranched alkanes of at least 4 members (excludes halogenated alkanes) is 1. The smallest absolute Gasteiger partial charge is 0.414 e.